The molecular weight excluding hydrogens is 502 g/mol. The first-order valence-corrected chi connectivity index (χ1v) is 12.6. The third kappa shape index (κ3) is 8.11. The Balaban J connectivity index is 1.60. The van der Waals surface area contributed by atoms with E-state index in [1.807, 2.05) is 25.1 Å². The van der Waals surface area contributed by atoms with Gasteiger partial charge in [-0.25, -0.2) is 18.4 Å². The number of hydrogen-bond acceptors (Lipinski definition) is 5. The third-order valence-corrected chi connectivity index (χ3v) is 5.91. The number of rotatable bonds is 12. The Labute approximate surface area is 227 Å². The van der Waals surface area contributed by atoms with Gasteiger partial charge in [0.1, 0.15) is 11.6 Å². The fourth-order valence-electron chi connectivity index (χ4n) is 3.76. The Morgan fingerprint density at radius 2 is 1.36 bits per heavy atom. The average Bonchev–Trinajstić information content (AvgIpc) is 2.89. The van der Waals surface area contributed by atoms with Gasteiger partial charge >= 0.3 is 11.9 Å². The molecule has 0 aliphatic heterocycles. The van der Waals surface area contributed by atoms with Gasteiger partial charge in [0.25, 0.3) is 0 Å². The summed E-state index contributed by atoms with van der Waals surface area (Å²) in [6.07, 6.45) is 2.43. The van der Waals surface area contributed by atoms with Crippen molar-refractivity contribution in [3.05, 3.63) is 96.1 Å². The molecule has 0 unspecified atom stereocenters. The summed E-state index contributed by atoms with van der Waals surface area (Å²) in [5.74, 6) is -1.92. The number of carbonyl (C=O) groups excluding carboxylic acids is 2. The number of halogens is 2. The fourth-order valence-corrected chi connectivity index (χ4v) is 3.76. The highest BCUT2D eigenvalue weighted by molar-refractivity contribution is 5.89. The monoisotopic (exact) mass is 534 g/mol. The molecule has 3 rings (SSSR count). The van der Waals surface area contributed by atoms with Gasteiger partial charge in [0, 0.05) is 16.7 Å². The van der Waals surface area contributed by atoms with Crippen molar-refractivity contribution in [3.63, 3.8) is 0 Å². The van der Waals surface area contributed by atoms with E-state index in [2.05, 4.69) is 13.2 Å². The van der Waals surface area contributed by atoms with Gasteiger partial charge in [-0.2, -0.15) is 0 Å². The summed E-state index contributed by atoms with van der Waals surface area (Å²) in [4.78, 5) is 23.0. The van der Waals surface area contributed by atoms with Crippen LogP contribution in [0.2, 0.25) is 0 Å². The van der Waals surface area contributed by atoms with Crippen LogP contribution in [0.1, 0.15) is 38.7 Å². The van der Waals surface area contributed by atoms with Crippen LogP contribution in [0, 0.1) is 18.6 Å². The zero-order chi connectivity index (χ0) is 28.5. The number of esters is 2. The van der Waals surface area contributed by atoms with Gasteiger partial charge in [-0.3, -0.25) is 0 Å². The topological polar surface area (TPSA) is 61.8 Å². The van der Waals surface area contributed by atoms with Crippen molar-refractivity contribution in [1.82, 2.24) is 0 Å². The molecule has 39 heavy (non-hydrogen) atoms. The average molecular weight is 535 g/mol. The number of unbranched alkanes of at least 4 members (excludes halogenated alkanes) is 2. The van der Waals surface area contributed by atoms with E-state index in [-0.39, 0.29) is 22.9 Å². The second-order valence-corrected chi connectivity index (χ2v) is 9.31. The molecule has 3 aromatic rings. The predicted octanol–water partition coefficient (Wildman–Crippen LogP) is 7.76. The first-order valence-electron chi connectivity index (χ1n) is 12.6. The van der Waals surface area contributed by atoms with E-state index < -0.39 is 17.6 Å². The van der Waals surface area contributed by atoms with Gasteiger partial charge in [-0.05, 0) is 92.6 Å². The van der Waals surface area contributed by atoms with Gasteiger partial charge in [0.05, 0.1) is 13.2 Å². The SMILES string of the molecule is C=C(C)C(=O)OCCCCCOc1ccc(-c2ccc(-c3ccc(OC(=O)C(=C)C)c(F)c3)c(F)c2)c(C)c1. The lowest BCUT2D eigenvalue weighted by Gasteiger charge is -2.12. The molecule has 204 valence electrons. The highest BCUT2D eigenvalue weighted by Gasteiger charge is 2.14. The minimum atomic E-state index is -0.775. The summed E-state index contributed by atoms with van der Waals surface area (Å²) in [7, 11) is 0. The van der Waals surface area contributed by atoms with Crippen molar-refractivity contribution in [1.29, 1.82) is 0 Å². The molecule has 0 aliphatic carbocycles. The molecule has 0 fully saturated rings. The van der Waals surface area contributed by atoms with Crippen LogP contribution in [0.3, 0.4) is 0 Å². The summed E-state index contributed by atoms with van der Waals surface area (Å²) < 4.78 is 45.4. The molecule has 0 saturated carbocycles. The molecule has 0 aromatic heterocycles. The molecule has 3 aromatic carbocycles. The summed E-state index contributed by atoms with van der Waals surface area (Å²) in [6.45, 7) is 12.9. The van der Waals surface area contributed by atoms with Crippen LogP contribution in [0.4, 0.5) is 8.78 Å². The Bertz CT molecular complexity index is 1390. The summed E-state index contributed by atoms with van der Waals surface area (Å²) in [5, 5.41) is 0. The van der Waals surface area contributed by atoms with Gasteiger partial charge < -0.3 is 14.2 Å². The maximum atomic E-state index is 15.1. The maximum Gasteiger partial charge on any atom is 0.338 e. The number of benzene rings is 3. The smallest absolute Gasteiger partial charge is 0.338 e. The van der Waals surface area contributed by atoms with Crippen molar-refractivity contribution in [2.24, 2.45) is 0 Å². The van der Waals surface area contributed by atoms with E-state index in [0.29, 0.717) is 35.7 Å². The second-order valence-electron chi connectivity index (χ2n) is 9.31. The van der Waals surface area contributed by atoms with E-state index in [1.54, 1.807) is 19.1 Å². The standard InChI is InChI=1S/C32H32F2O5/c1-20(2)31(35)38-16-8-6-7-15-37-25-11-13-26(22(5)17-25)23-9-12-27(28(33)18-23)24-10-14-30(29(34)19-24)39-32(36)21(3)4/h9-14,17-19H,1,3,6-8,15-16H2,2,4-5H3. The zero-order valence-electron chi connectivity index (χ0n) is 22.4. The molecule has 0 heterocycles. The molecule has 0 radical (unpaired) electrons. The van der Waals surface area contributed by atoms with Crippen LogP contribution in [-0.4, -0.2) is 25.2 Å². The molecule has 0 atom stereocenters. The van der Waals surface area contributed by atoms with E-state index in [4.69, 9.17) is 14.2 Å². The molecule has 0 amide bonds. The first-order chi connectivity index (χ1) is 18.6. The molecule has 0 bridgehead atoms. The Kier molecular flexibility index (Phi) is 10.1. The van der Waals surface area contributed by atoms with Crippen LogP contribution < -0.4 is 9.47 Å². The van der Waals surface area contributed by atoms with E-state index in [1.165, 1.54) is 25.1 Å². The lowest BCUT2D eigenvalue weighted by atomic mass is 9.96. The molecule has 0 spiro atoms. The van der Waals surface area contributed by atoms with Crippen LogP contribution in [0.25, 0.3) is 22.3 Å². The quantitative estimate of drug-likeness (QED) is 0.103. The number of ether oxygens (including phenoxy) is 3. The zero-order valence-corrected chi connectivity index (χ0v) is 22.4. The third-order valence-electron chi connectivity index (χ3n) is 5.91. The number of hydrogen-bond donors (Lipinski definition) is 0. The second kappa shape index (κ2) is 13.5. The minimum Gasteiger partial charge on any atom is -0.494 e. The Hall–Kier alpha value is -4.26. The summed E-state index contributed by atoms with van der Waals surface area (Å²) in [6, 6.07) is 14.3. The van der Waals surface area contributed by atoms with Gasteiger partial charge in [0.15, 0.2) is 11.6 Å². The highest BCUT2D eigenvalue weighted by atomic mass is 19.1. The molecule has 5 nitrogen and oxygen atoms in total. The fraction of sp³-hybridized carbons (Fsp3) is 0.250. The minimum absolute atomic E-state index is 0.144. The summed E-state index contributed by atoms with van der Waals surface area (Å²) >= 11 is 0. The Morgan fingerprint density at radius 1 is 0.744 bits per heavy atom. The van der Waals surface area contributed by atoms with Crippen LogP contribution >= 0.6 is 0 Å². The van der Waals surface area contributed by atoms with Gasteiger partial charge in [-0.1, -0.05) is 37.4 Å². The van der Waals surface area contributed by atoms with Crippen LogP contribution in [0.5, 0.6) is 11.5 Å². The normalized spacial score (nSPS) is 10.6. The maximum absolute atomic E-state index is 15.1. The van der Waals surface area contributed by atoms with Crippen LogP contribution in [-0.2, 0) is 14.3 Å². The predicted molar refractivity (Wildman–Crippen MR) is 148 cm³/mol. The lowest BCUT2D eigenvalue weighted by molar-refractivity contribution is -0.139. The van der Waals surface area contributed by atoms with Crippen molar-refractivity contribution in [3.8, 4) is 33.8 Å². The highest BCUT2D eigenvalue weighted by Crippen LogP contribution is 2.33. The van der Waals surface area contributed by atoms with Crippen molar-refractivity contribution in [2.75, 3.05) is 13.2 Å². The van der Waals surface area contributed by atoms with Gasteiger partial charge in [0.2, 0.25) is 0 Å². The molecule has 7 heteroatoms. The molecular formula is C32H32F2O5. The van der Waals surface area contributed by atoms with Crippen molar-refractivity contribution < 1.29 is 32.6 Å². The van der Waals surface area contributed by atoms with E-state index >= 15 is 4.39 Å². The Morgan fingerprint density at radius 3 is 2.00 bits per heavy atom. The van der Waals surface area contributed by atoms with E-state index in [9.17, 15) is 14.0 Å². The van der Waals surface area contributed by atoms with Crippen molar-refractivity contribution in [2.45, 2.75) is 40.0 Å². The molecule has 0 N–H and O–H groups in total. The number of aryl methyl sites for hydroxylation is 1. The largest absolute Gasteiger partial charge is 0.494 e. The molecule has 0 aliphatic rings. The number of carbonyl (C=O) groups is 2. The lowest BCUT2D eigenvalue weighted by Crippen LogP contribution is -2.09. The van der Waals surface area contributed by atoms with Gasteiger partial charge in [-0.15, -0.1) is 0 Å². The van der Waals surface area contributed by atoms with Crippen molar-refractivity contribution >= 4 is 11.9 Å². The van der Waals surface area contributed by atoms with Crippen LogP contribution in [0.15, 0.2) is 78.9 Å². The summed E-state index contributed by atoms with van der Waals surface area (Å²) in [5.41, 5.74) is 3.52. The first kappa shape index (κ1) is 29.3. The molecule has 0 saturated heterocycles. The van der Waals surface area contributed by atoms with E-state index in [0.717, 1.165) is 36.5 Å².